The Bertz CT molecular complexity index is 371. The van der Waals surface area contributed by atoms with Gasteiger partial charge in [0.15, 0.2) is 0 Å². The van der Waals surface area contributed by atoms with Crippen LogP contribution in [0.5, 0.6) is 0 Å². The Kier molecular flexibility index (Phi) is 5.15. The molecule has 0 aliphatic heterocycles. The smallest absolute Gasteiger partial charge is 0.140 e. The van der Waals surface area contributed by atoms with Crippen LogP contribution in [-0.4, -0.2) is 4.98 Å². The van der Waals surface area contributed by atoms with E-state index < -0.39 is 0 Å². The van der Waals surface area contributed by atoms with Crippen molar-refractivity contribution in [2.75, 3.05) is 0 Å². The van der Waals surface area contributed by atoms with E-state index in [1.54, 1.807) is 0 Å². The van der Waals surface area contributed by atoms with E-state index in [1.807, 2.05) is 18.3 Å². The average Bonchev–Trinajstić information content (AvgIpc) is 2.35. The third-order valence-corrected chi connectivity index (χ3v) is 3.31. The van der Waals surface area contributed by atoms with Gasteiger partial charge in [0, 0.05) is 6.20 Å². The first-order valence-corrected chi connectivity index (χ1v) is 6.47. The average molecular weight is 230 g/mol. The second-order valence-corrected chi connectivity index (χ2v) is 5.24. The lowest BCUT2D eigenvalue weighted by Crippen LogP contribution is -2.17. The monoisotopic (exact) mass is 230 g/mol. The first-order valence-electron chi connectivity index (χ1n) is 6.47. The topological polar surface area (TPSA) is 36.7 Å². The number of hydrogen-bond donors (Lipinski definition) is 0. The molecule has 1 heterocycles. The van der Waals surface area contributed by atoms with Crippen LogP contribution in [-0.2, 0) is 5.41 Å². The van der Waals surface area contributed by atoms with Crippen LogP contribution in [0.15, 0.2) is 18.3 Å². The highest BCUT2D eigenvalue weighted by molar-refractivity contribution is 5.27. The molecule has 1 aromatic heterocycles. The number of pyridine rings is 1. The zero-order valence-corrected chi connectivity index (χ0v) is 11.2. The van der Waals surface area contributed by atoms with Gasteiger partial charge in [0.25, 0.3) is 0 Å². The van der Waals surface area contributed by atoms with Crippen LogP contribution >= 0.6 is 0 Å². The van der Waals surface area contributed by atoms with Gasteiger partial charge < -0.3 is 0 Å². The summed E-state index contributed by atoms with van der Waals surface area (Å²) in [6.07, 6.45) is 8.20. The number of hydrogen-bond acceptors (Lipinski definition) is 2. The summed E-state index contributed by atoms with van der Waals surface area (Å²) in [6, 6.07) is 5.90. The summed E-state index contributed by atoms with van der Waals surface area (Å²) in [5.41, 5.74) is 1.89. The lowest BCUT2D eigenvalue weighted by atomic mass is 9.81. The van der Waals surface area contributed by atoms with Crippen LogP contribution < -0.4 is 0 Å². The Morgan fingerprint density at radius 3 is 2.53 bits per heavy atom. The normalized spacial score (nSPS) is 11.2. The third-order valence-electron chi connectivity index (χ3n) is 3.31. The summed E-state index contributed by atoms with van der Waals surface area (Å²) < 4.78 is 0. The maximum atomic E-state index is 8.72. The molecule has 92 valence electrons. The standard InChI is InChI=1S/C15H22N2/c1-4-5-6-7-10-15(2,3)13-8-9-14(11-16)17-12-13/h8-9,12H,4-7,10H2,1-3H3. The number of unbranched alkanes of at least 4 members (excludes halogenated alkanes) is 3. The molecule has 0 aliphatic carbocycles. The van der Waals surface area contributed by atoms with Crippen molar-refractivity contribution in [2.24, 2.45) is 0 Å². The number of aromatic nitrogens is 1. The Balaban J connectivity index is 2.59. The molecule has 2 heteroatoms. The van der Waals surface area contributed by atoms with Crippen molar-refractivity contribution in [3.63, 3.8) is 0 Å². The fraction of sp³-hybridized carbons (Fsp3) is 0.600. The Morgan fingerprint density at radius 1 is 1.24 bits per heavy atom. The molecule has 0 N–H and O–H groups in total. The van der Waals surface area contributed by atoms with Gasteiger partial charge in [0.1, 0.15) is 11.8 Å². The van der Waals surface area contributed by atoms with Gasteiger partial charge in [-0.25, -0.2) is 4.98 Å². The highest BCUT2D eigenvalue weighted by Crippen LogP contribution is 2.28. The molecule has 0 fully saturated rings. The van der Waals surface area contributed by atoms with Crippen LogP contribution in [0.25, 0.3) is 0 Å². The molecule has 0 atom stereocenters. The summed E-state index contributed by atoms with van der Waals surface area (Å²) in [5, 5.41) is 8.72. The SMILES string of the molecule is CCCCCCC(C)(C)c1ccc(C#N)nc1. The van der Waals surface area contributed by atoms with E-state index in [0.29, 0.717) is 5.69 Å². The predicted molar refractivity (Wildman–Crippen MR) is 70.7 cm³/mol. The van der Waals surface area contributed by atoms with Gasteiger partial charge in [0.2, 0.25) is 0 Å². The van der Waals surface area contributed by atoms with Gasteiger partial charge in [-0.05, 0) is 23.5 Å². The van der Waals surface area contributed by atoms with Crippen molar-refractivity contribution in [3.8, 4) is 6.07 Å². The van der Waals surface area contributed by atoms with Crippen LogP contribution in [0.3, 0.4) is 0 Å². The van der Waals surface area contributed by atoms with Crippen LogP contribution in [0, 0.1) is 11.3 Å². The Hall–Kier alpha value is -1.36. The van der Waals surface area contributed by atoms with Crippen molar-refractivity contribution in [1.82, 2.24) is 4.98 Å². The maximum Gasteiger partial charge on any atom is 0.140 e. The summed E-state index contributed by atoms with van der Waals surface area (Å²) >= 11 is 0. The fourth-order valence-electron chi connectivity index (χ4n) is 2.00. The van der Waals surface area contributed by atoms with E-state index in [-0.39, 0.29) is 5.41 Å². The first kappa shape index (κ1) is 13.7. The number of rotatable bonds is 6. The summed E-state index contributed by atoms with van der Waals surface area (Å²) in [4.78, 5) is 4.15. The Morgan fingerprint density at radius 2 is 2.00 bits per heavy atom. The molecule has 0 saturated carbocycles. The fourth-order valence-corrected chi connectivity index (χ4v) is 2.00. The molecular formula is C15H22N2. The van der Waals surface area contributed by atoms with Gasteiger partial charge in [-0.3, -0.25) is 0 Å². The van der Waals surface area contributed by atoms with Crippen LogP contribution in [0.1, 0.15) is 64.1 Å². The minimum absolute atomic E-state index is 0.161. The zero-order chi connectivity index (χ0) is 12.7. The largest absolute Gasteiger partial charge is 0.245 e. The molecule has 17 heavy (non-hydrogen) atoms. The molecular weight excluding hydrogens is 208 g/mol. The van der Waals surface area contributed by atoms with Gasteiger partial charge >= 0.3 is 0 Å². The van der Waals surface area contributed by atoms with E-state index in [1.165, 1.54) is 37.7 Å². The second kappa shape index (κ2) is 6.39. The quantitative estimate of drug-likeness (QED) is 0.687. The van der Waals surface area contributed by atoms with Gasteiger partial charge in [-0.2, -0.15) is 5.26 Å². The Labute approximate surface area is 105 Å². The van der Waals surface area contributed by atoms with E-state index in [2.05, 4.69) is 31.8 Å². The summed E-state index contributed by atoms with van der Waals surface area (Å²) in [6.45, 7) is 6.74. The van der Waals surface area contributed by atoms with Gasteiger partial charge in [-0.1, -0.05) is 52.5 Å². The molecule has 1 rings (SSSR count). The van der Waals surface area contributed by atoms with Crippen molar-refractivity contribution < 1.29 is 0 Å². The number of nitriles is 1. The van der Waals surface area contributed by atoms with Crippen molar-refractivity contribution >= 4 is 0 Å². The first-order chi connectivity index (χ1) is 8.10. The molecule has 0 amide bonds. The van der Waals surface area contributed by atoms with Crippen molar-refractivity contribution in [1.29, 1.82) is 5.26 Å². The lowest BCUT2D eigenvalue weighted by Gasteiger charge is -2.24. The van der Waals surface area contributed by atoms with Crippen LogP contribution in [0.4, 0.5) is 0 Å². The highest BCUT2D eigenvalue weighted by Gasteiger charge is 2.20. The van der Waals surface area contributed by atoms with Gasteiger partial charge in [0.05, 0.1) is 0 Å². The van der Waals surface area contributed by atoms with E-state index in [0.717, 1.165) is 0 Å². The van der Waals surface area contributed by atoms with E-state index in [4.69, 9.17) is 5.26 Å². The molecule has 0 aromatic carbocycles. The third kappa shape index (κ3) is 4.19. The second-order valence-electron chi connectivity index (χ2n) is 5.24. The highest BCUT2D eigenvalue weighted by atomic mass is 14.7. The summed E-state index contributed by atoms with van der Waals surface area (Å²) in [7, 11) is 0. The molecule has 0 unspecified atom stereocenters. The molecule has 0 bridgehead atoms. The number of nitrogens with zero attached hydrogens (tertiary/aromatic N) is 2. The molecule has 0 aliphatic rings. The molecule has 2 nitrogen and oxygen atoms in total. The van der Waals surface area contributed by atoms with Crippen molar-refractivity contribution in [2.45, 2.75) is 58.3 Å². The van der Waals surface area contributed by atoms with E-state index >= 15 is 0 Å². The molecule has 1 aromatic rings. The predicted octanol–water partition coefficient (Wildman–Crippen LogP) is 4.20. The molecule has 0 saturated heterocycles. The summed E-state index contributed by atoms with van der Waals surface area (Å²) in [5.74, 6) is 0. The minimum Gasteiger partial charge on any atom is -0.245 e. The maximum absolute atomic E-state index is 8.72. The molecule has 0 spiro atoms. The van der Waals surface area contributed by atoms with Crippen LogP contribution in [0.2, 0.25) is 0 Å². The lowest BCUT2D eigenvalue weighted by molar-refractivity contribution is 0.445. The van der Waals surface area contributed by atoms with Gasteiger partial charge in [-0.15, -0.1) is 0 Å². The van der Waals surface area contributed by atoms with E-state index in [9.17, 15) is 0 Å². The zero-order valence-electron chi connectivity index (χ0n) is 11.2. The van der Waals surface area contributed by atoms with Crippen molar-refractivity contribution in [3.05, 3.63) is 29.6 Å². The molecule has 0 radical (unpaired) electrons. The minimum atomic E-state index is 0.161.